The van der Waals surface area contributed by atoms with Crippen LogP contribution in [0, 0.1) is 34.5 Å². The third kappa shape index (κ3) is 1.94. The van der Waals surface area contributed by atoms with Crippen molar-refractivity contribution in [1.29, 1.82) is 0 Å². The first-order chi connectivity index (χ1) is 14.3. The Bertz CT molecular complexity index is 923. The Morgan fingerprint density at radius 2 is 2.13 bits per heavy atom. The molecule has 0 radical (unpaired) electrons. The van der Waals surface area contributed by atoms with E-state index in [1.165, 1.54) is 7.11 Å². The van der Waals surface area contributed by atoms with Crippen LogP contribution in [0.2, 0.25) is 0 Å². The van der Waals surface area contributed by atoms with Crippen molar-refractivity contribution in [2.75, 3.05) is 27.3 Å². The second kappa shape index (κ2) is 6.20. The summed E-state index contributed by atoms with van der Waals surface area (Å²) < 4.78 is 5.40. The quantitative estimate of drug-likeness (QED) is 0.370. The molecule has 2 bridgehead atoms. The molecule has 0 amide bonds. The average Bonchev–Trinajstić information content (AvgIpc) is 3.05. The lowest BCUT2D eigenvalue weighted by Crippen LogP contribution is -2.65. The van der Waals surface area contributed by atoms with Crippen molar-refractivity contribution in [2.24, 2.45) is 45.2 Å². The zero-order chi connectivity index (χ0) is 21.5. The molecule has 162 valence electrons. The van der Waals surface area contributed by atoms with E-state index in [0.717, 1.165) is 24.8 Å². The highest BCUT2D eigenvalue weighted by Gasteiger charge is 2.79. The summed E-state index contributed by atoms with van der Waals surface area (Å²) in [4.78, 5) is 18.7. The molecule has 0 aromatic rings. The molecule has 2 spiro atoms. The number of carboxylic acid groups (broad SMARTS) is 1. The van der Waals surface area contributed by atoms with E-state index in [9.17, 15) is 15.0 Å². The first kappa shape index (κ1) is 19.8. The molecule has 7 nitrogen and oxygen atoms in total. The summed E-state index contributed by atoms with van der Waals surface area (Å²) in [6.07, 6.45) is 11.3. The molecule has 30 heavy (non-hydrogen) atoms. The largest absolute Gasteiger partial charge is 0.478 e. The molecule has 4 aliphatic carbocycles. The van der Waals surface area contributed by atoms with Crippen LogP contribution in [-0.2, 0) is 9.53 Å². The van der Waals surface area contributed by atoms with Crippen LogP contribution in [0.1, 0.15) is 26.2 Å². The van der Waals surface area contributed by atoms with E-state index in [-0.39, 0.29) is 35.3 Å². The molecule has 0 saturated heterocycles. The number of allylic oxidation sites excluding steroid dienone is 3. The molecule has 0 aromatic carbocycles. The molecule has 1 aliphatic heterocycles. The number of guanidine groups is 1. The Kier molecular flexibility index (Phi) is 4.10. The highest BCUT2D eigenvalue weighted by atomic mass is 16.5. The third-order valence-electron chi connectivity index (χ3n) is 9.03. The van der Waals surface area contributed by atoms with E-state index < -0.39 is 17.0 Å². The van der Waals surface area contributed by atoms with Gasteiger partial charge in [-0.1, -0.05) is 25.2 Å². The average molecular weight is 414 g/mol. The molecule has 0 unspecified atom stereocenters. The number of ether oxygens (including phenoxy) is 1. The van der Waals surface area contributed by atoms with Crippen LogP contribution in [-0.4, -0.2) is 60.0 Å². The number of aliphatic imine (C=N–C) groups is 1. The second-order valence-corrected chi connectivity index (χ2v) is 9.74. The van der Waals surface area contributed by atoms with Crippen molar-refractivity contribution < 1.29 is 19.7 Å². The topological polar surface area (TPSA) is 108 Å². The van der Waals surface area contributed by atoms with Crippen molar-refractivity contribution in [1.82, 2.24) is 4.90 Å². The minimum absolute atomic E-state index is 0.0227. The van der Waals surface area contributed by atoms with Gasteiger partial charge in [0.15, 0.2) is 5.96 Å². The first-order valence-electron chi connectivity index (χ1n) is 10.8. The van der Waals surface area contributed by atoms with Gasteiger partial charge in [0.1, 0.15) is 5.60 Å². The summed E-state index contributed by atoms with van der Waals surface area (Å²) in [6, 6.07) is 0. The van der Waals surface area contributed by atoms with E-state index in [2.05, 4.69) is 30.1 Å². The number of carbonyl (C=O) groups is 1. The van der Waals surface area contributed by atoms with Crippen molar-refractivity contribution in [3.8, 4) is 0 Å². The van der Waals surface area contributed by atoms with Gasteiger partial charge in [0.2, 0.25) is 0 Å². The van der Waals surface area contributed by atoms with Gasteiger partial charge in [-0.25, -0.2) is 4.79 Å². The van der Waals surface area contributed by atoms with Crippen LogP contribution in [0.15, 0.2) is 40.6 Å². The van der Waals surface area contributed by atoms with Gasteiger partial charge in [0.25, 0.3) is 0 Å². The molecule has 5 rings (SSSR count). The first-order valence-corrected chi connectivity index (χ1v) is 10.8. The van der Waals surface area contributed by atoms with Gasteiger partial charge < -0.3 is 25.6 Å². The zero-order valence-electron chi connectivity index (χ0n) is 17.8. The SMILES string of the molecule is CN=C(N)N1C=C[C@H]2C=C[C@H]3[C@@]45C(=C(C(=O)O)[C@@]3(O)COC)C[C@@H](CC[C@H]4C)[C@]25C1. The Morgan fingerprint density at radius 3 is 2.80 bits per heavy atom. The van der Waals surface area contributed by atoms with E-state index in [1.54, 1.807) is 7.05 Å². The number of methoxy groups -OCH3 is 1. The van der Waals surface area contributed by atoms with Crippen molar-refractivity contribution in [3.05, 3.63) is 35.6 Å². The fraction of sp³-hybridized carbons (Fsp3) is 0.652. The lowest BCUT2D eigenvalue weighted by atomic mass is 9.41. The molecule has 2 saturated carbocycles. The van der Waals surface area contributed by atoms with Gasteiger partial charge in [-0.15, -0.1) is 0 Å². The maximum absolute atomic E-state index is 12.5. The van der Waals surface area contributed by atoms with Crippen LogP contribution in [0.25, 0.3) is 0 Å². The number of carboxylic acids is 1. The normalized spacial score (nSPS) is 46.3. The predicted molar refractivity (Wildman–Crippen MR) is 112 cm³/mol. The number of hydrogen-bond acceptors (Lipinski definition) is 4. The summed E-state index contributed by atoms with van der Waals surface area (Å²) in [5, 5.41) is 22.1. The van der Waals surface area contributed by atoms with E-state index >= 15 is 0 Å². The molecular formula is C23H31N3O4. The summed E-state index contributed by atoms with van der Waals surface area (Å²) in [5.74, 6) is -0.105. The van der Waals surface area contributed by atoms with E-state index in [1.807, 2.05) is 11.1 Å². The molecule has 7 atom stereocenters. The molecule has 2 fully saturated rings. The van der Waals surface area contributed by atoms with Gasteiger partial charge in [0, 0.05) is 49.6 Å². The lowest BCUT2D eigenvalue weighted by Gasteiger charge is -2.64. The van der Waals surface area contributed by atoms with E-state index in [4.69, 9.17) is 10.5 Å². The van der Waals surface area contributed by atoms with Crippen LogP contribution >= 0.6 is 0 Å². The van der Waals surface area contributed by atoms with E-state index in [0.29, 0.717) is 18.4 Å². The van der Waals surface area contributed by atoms with Crippen LogP contribution < -0.4 is 5.73 Å². The Balaban J connectivity index is 1.82. The van der Waals surface area contributed by atoms with Crippen LogP contribution in [0.3, 0.4) is 0 Å². The molecular weight excluding hydrogens is 382 g/mol. The molecule has 5 aliphatic rings. The number of aliphatic hydroxyl groups is 1. The zero-order valence-corrected chi connectivity index (χ0v) is 17.8. The number of aliphatic carboxylic acids is 1. The predicted octanol–water partition coefficient (Wildman–Crippen LogP) is 1.76. The van der Waals surface area contributed by atoms with Crippen molar-refractivity contribution in [3.63, 3.8) is 0 Å². The van der Waals surface area contributed by atoms with Gasteiger partial charge in [-0.05, 0) is 36.7 Å². The summed E-state index contributed by atoms with van der Waals surface area (Å²) in [6.45, 7) is 2.90. The molecule has 0 aromatic heterocycles. The maximum Gasteiger partial charge on any atom is 0.334 e. The Morgan fingerprint density at radius 1 is 1.37 bits per heavy atom. The highest BCUT2D eigenvalue weighted by Crippen LogP contribution is 2.80. The number of nitrogens with zero attached hydrogens (tertiary/aromatic N) is 2. The molecule has 7 heteroatoms. The Hall–Kier alpha value is -2.12. The van der Waals surface area contributed by atoms with Crippen LogP contribution in [0.4, 0.5) is 0 Å². The third-order valence-corrected chi connectivity index (χ3v) is 9.03. The summed E-state index contributed by atoms with van der Waals surface area (Å²) in [5.41, 5.74) is 5.18. The van der Waals surface area contributed by atoms with Crippen molar-refractivity contribution in [2.45, 2.75) is 31.8 Å². The fourth-order valence-corrected chi connectivity index (χ4v) is 8.27. The highest BCUT2D eigenvalue weighted by molar-refractivity contribution is 5.92. The smallest absolute Gasteiger partial charge is 0.334 e. The minimum atomic E-state index is -1.53. The summed E-state index contributed by atoms with van der Waals surface area (Å²) >= 11 is 0. The fourth-order valence-electron chi connectivity index (χ4n) is 8.27. The number of nitrogens with two attached hydrogens (primary N) is 1. The second-order valence-electron chi connectivity index (χ2n) is 9.74. The monoisotopic (exact) mass is 413 g/mol. The van der Waals surface area contributed by atoms with Gasteiger partial charge in [-0.3, -0.25) is 4.99 Å². The summed E-state index contributed by atoms with van der Waals surface area (Å²) in [7, 11) is 3.21. The number of rotatable bonds is 3. The van der Waals surface area contributed by atoms with Crippen LogP contribution in [0.5, 0.6) is 0 Å². The van der Waals surface area contributed by atoms with Gasteiger partial charge in [0.05, 0.1) is 12.2 Å². The standard InChI is InChI=1S/C23H31N3O4/c1-13-4-5-15-10-16-18(19(27)28)22(29,12-30-3)17-7-6-14-8-9-26(20(24)25-2)11-21(14,15)23(13,16)17/h6-9,13-15,17,29H,4-5,10-12H2,1-3H3,(H2,24,25)(H,27,28)/t13-,14-,15-,17-,21+,22-,23+/m1/s1. The Labute approximate surface area is 177 Å². The lowest BCUT2D eigenvalue weighted by molar-refractivity contribution is -0.152. The van der Waals surface area contributed by atoms with Gasteiger partial charge >= 0.3 is 5.97 Å². The van der Waals surface area contributed by atoms with Gasteiger partial charge in [-0.2, -0.15) is 0 Å². The maximum atomic E-state index is 12.5. The molecule has 4 N–H and O–H groups in total. The minimum Gasteiger partial charge on any atom is -0.478 e. The number of hydrogen-bond donors (Lipinski definition) is 3. The molecule has 1 heterocycles. The van der Waals surface area contributed by atoms with Crippen molar-refractivity contribution >= 4 is 11.9 Å².